The number of fused-ring (bicyclic) bond motifs is 1. The first-order valence-corrected chi connectivity index (χ1v) is 9.33. The fourth-order valence-corrected chi connectivity index (χ4v) is 3.25. The maximum absolute atomic E-state index is 12.8. The highest BCUT2D eigenvalue weighted by Crippen LogP contribution is 2.30. The van der Waals surface area contributed by atoms with E-state index in [2.05, 4.69) is 36.3 Å². The molecule has 0 aliphatic rings. The maximum atomic E-state index is 12.8. The van der Waals surface area contributed by atoms with Gasteiger partial charge < -0.3 is 10.2 Å². The zero-order valence-corrected chi connectivity index (χ0v) is 16.7. The van der Waals surface area contributed by atoms with E-state index >= 15 is 0 Å². The van der Waals surface area contributed by atoms with Crippen molar-refractivity contribution in [3.05, 3.63) is 65.4 Å². The minimum Gasteiger partial charge on any atom is -0.359 e. The summed E-state index contributed by atoms with van der Waals surface area (Å²) in [5.41, 5.74) is 5.99. The Labute approximate surface area is 165 Å². The summed E-state index contributed by atoms with van der Waals surface area (Å²) in [6.07, 6.45) is 2.10. The van der Waals surface area contributed by atoms with Crippen molar-refractivity contribution in [2.45, 2.75) is 20.3 Å². The Morgan fingerprint density at radius 3 is 2.64 bits per heavy atom. The predicted octanol–water partition coefficient (Wildman–Crippen LogP) is 3.73. The fourth-order valence-electron chi connectivity index (χ4n) is 3.25. The van der Waals surface area contributed by atoms with Gasteiger partial charge in [-0.05, 0) is 54.3 Å². The first-order chi connectivity index (χ1) is 13.4. The molecule has 1 N–H and O–H groups in total. The number of hydrogen-bond acceptors (Lipinski definition) is 3. The van der Waals surface area contributed by atoms with E-state index < -0.39 is 0 Å². The molecular formula is C23H25N3O2. The molecule has 0 radical (unpaired) electrons. The van der Waals surface area contributed by atoms with Crippen LogP contribution in [-0.4, -0.2) is 42.3 Å². The summed E-state index contributed by atoms with van der Waals surface area (Å²) < 4.78 is 0. The number of aryl methyl sites for hydroxylation is 2. The molecule has 5 nitrogen and oxygen atoms in total. The Kier molecular flexibility index (Phi) is 5.73. The van der Waals surface area contributed by atoms with E-state index in [1.54, 1.807) is 25.1 Å². The van der Waals surface area contributed by atoms with Crippen LogP contribution in [0.5, 0.6) is 0 Å². The Balaban J connectivity index is 1.94. The smallest absolute Gasteiger partial charge is 0.253 e. The summed E-state index contributed by atoms with van der Waals surface area (Å²) in [5, 5.41) is 3.64. The van der Waals surface area contributed by atoms with Crippen molar-refractivity contribution in [2.75, 3.05) is 20.6 Å². The van der Waals surface area contributed by atoms with E-state index in [0.29, 0.717) is 12.1 Å². The molecule has 28 heavy (non-hydrogen) atoms. The SMILES string of the molecule is CNC(=O)CCN(C)C(=O)c1cccc(-c2ccnc3c(C)c(C)ccc23)c1. The van der Waals surface area contributed by atoms with Crippen LogP contribution in [0.1, 0.15) is 27.9 Å². The first-order valence-electron chi connectivity index (χ1n) is 9.33. The molecule has 0 spiro atoms. The molecule has 0 aliphatic heterocycles. The molecule has 3 aromatic rings. The van der Waals surface area contributed by atoms with Gasteiger partial charge in [-0.15, -0.1) is 0 Å². The third-order valence-electron chi connectivity index (χ3n) is 5.16. The number of rotatable bonds is 5. The van der Waals surface area contributed by atoms with Crippen molar-refractivity contribution in [1.82, 2.24) is 15.2 Å². The lowest BCUT2D eigenvalue weighted by molar-refractivity contribution is -0.120. The topological polar surface area (TPSA) is 62.3 Å². The fraction of sp³-hybridized carbons (Fsp3) is 0.261. The molecule has 3 rings (SSSR count). The van der Waals surface area contributed by atoms with Gasteiger partial charge in [-0.2, -0.15) is 0 Å². The second kappa shape index (κ2) is 8.21. The Hall–Kier alpha value is -3.21. The highest BCUT2D eigenvalue weighted by Gasteiger charge is 2.15. The van der Waals surface area contributed by atoms with E-state index in [4.69, 9.17) is 0 Å². The largest absolute Gasteiger partial charge is 0.359 e. The van der Waals surface area contributed by atoms with Gasteiger partial charge in [-0.3, -0.25) is 14.6 Å². The van der Waals surface area contributed by atoms with E-state index in [9.17, 15) is 9.59 Å². The van der Waals surface area contributed by atoms with Gasteiger partial charge in [-0.25, -0.2) is 0 Å². The standard InChI is InChI=1S/C23H25N3O2/c1-15-8-9-20-19(10-12-25-22(20)16(15)2)17-6-5-7-18(14-17)23(28)26(4)13-11-21(27)24-3/h5-10,12,14H,11,13H2,1-4H3,(H,24,27). The zero-order valence-electron chi connectivity index (χ0n) is 16.7. The Bertz CT molecular complexity index is 1040. The molecule has 0 aliphatic carbocycles. The van der Waals surface area contributed by atoms with Crippen molar-refractivity contribution < 1.29 is 9.59 Å². The van der Waals surface area contributed by atoms with Crippen molar-refractivity contribution in [2.24, 2.45) is 0 Å². The number of pyridine rings is 1. The van der Waals surface area contributed by atoms with E-state index in [1.165, 1.54) is 11.1 Å². The lowest BCUT2D eigenvalue weighted by atomic mass is 9.96. The van der Waals surface area contributed by atoms with Gasteiger partial charge in [0.2, 0.25) is 5.91 Å². The summed E-state index contributed by atoms with van der Waals surface area (Å²) >= 11 is 0. The van der Waals surface area contributed by atoms with Crippen molar-refractivity contribution in [3.63, 3.8) is 0 Å². The monoisotopic (exact) mass is 375 g/mol. The maximum Gasteiger partial charge on any atom is 0.253 e. The van der Waals surface area contributed by atoms with Gasteiger partial charge in [0.15, 0.2) is 0 Å². The Morgan fingerprint density at radius 2 is 1.89 bits per heavy atom. The molecule has 0 unspecified atom stereocenters. The number of benzene rings is 2. The lowest BCUT2D eigenvalue weighted by Crippen LogP contribution is -2.31. The lowest BCUT2D eigenvalue weighted by Gasteiger charge is -2.17. The van der Waals surface area contributed by atoms with E-state index in [0.717, 1.165) is 22.0 Å². The van der Waals surface area contributed by atoms with Gasteiger partial charge in [0.1, 0.15) is 0 Å². The van der Waals surface area contributed by atoms with Crippen molar-refractivity contribution in [1.29, 1.82) is 0 Å². The van der Waals surface area contributed by atoms with Crippen LogP contribution in [0.15, 0.2) is 48.7 Å². The van der Waals surface area contributed by atoms with Gasteiger partial charge in [0.05, 0.1) is 5.52 Å². The molecule has 0 bridgehead atoms. The summed E-state index contributed by atoms with van der Waals surface area (Å²) in [7, 11) is 3.31. The number of nitrogens with zero attached hydrogens (tertiary/aromatic N) is 2. The summed E-state index contributed by atoms with van der Waals surface area (Å²) in [6, 6.07) is 13.8. The molecule has 144 valence electrons. The minimum absolute atomic E-state index is 0.0812. The van der Waals surface area contributed by atoms with Crippen LogP contribution in [0.3, 0.4) is 0 Å². The van der Waals surface area contributed by atoms with Crippen LogP contribution in [0.4, 0.5) is 0 Å². The summed E-state index contributed by atoms with van der Waals surface area (Å²) in [4.78, 5) is 30.3. The van der Waals surface area contributed by atoms with Crippen LogP contribution >= 0.6 is 0 Å². The Morgan fingerprint density at radius 1 is 1.11 bits per heavy atom. The molecule has 0 atom stereocenters. The average Bonchev–Trinajstić information content (AvgIpc) is 2.73. The van der Waals surface area contributed by atoms with Gasteiger partial charge in [-0.1, -0.05) is 24.3 Å². The molecule has 0 saturated carbocycles. The van der Waals surface area contributed by atoms with Crippen LogP contribution in [0.25, 0.3) is 22.0 Å². The molecule has 1 aromatic heterocycles. The number of hydrogen-bond donors (Lipinski definition) is 1. The number of carbonyl (C=O) groups is 2. The molecule has 0 saturated heterocycles. The van der Waals surface area contributed by atoms with Crippen LogP contribution in [0.2, 0.25) is 0 Å². The second-order valence-corrected chi connectivity index (χ2v) is 6.99. The highest BCUT2D eigenvalue weighted by molar-refractivity contribution is 5.99. The number of carbonyl (C=O) groups excluding carboxylic acids is 2. The van der Waals surface area contributed by atoms with Crippen LogP contribution in [-0.2, 0) is 4.79 Å². The molecule has 1 heterocycles. The molecule has 2 aromatic carbocycles. The second-order valence-electron chi connectivity index (χ2n) is 6.99. The van der Waals surface area contributed by atoms with Crippen LogP contribution < -0.4 is 5.32 Å². The number of aromatic nitrogens is 1. The van der Waals surface area contributed by atoms with Crippen LogP contribution in [0, 0.1) is 13.8 Å². The summed E-state index contributed by atoms with van der Waals surface area (Å²) in [5.74, 6) is -0.182. The van der Waals surface area contributed by atoms with Gasteiger partial charge in [0.25, 0.3) is 5.91 Å². The highest BCUT2D eigenvalue weighted by atomic mass is 16.2. The first kappa shape index (κ1) is 19.5. The third kappa shape index (κ3) is 3.88. The van der Waals surface area contributed by atoms with E-state index in [-0.39, 0.29) is 18.2 Å². The third-order valence-corrected chi connectivity index (χ3v) is 5.16. The normalized spacial score (nSPS) is 10.7. The van der Waals surface area contributed by atoms with Crippen molar-refractivity contribution in [3.8, 4) is 11.1 Å². The number of amides is 2. The predicted molar refractivity (Wildman–Crippen MR) is 112 cm³/mol. The minimum atomic E-state index is -0.101. The summed E-state index contributed by atoms with van der Waals surface area (Å²) in [6.45, 7) is 4.53. The van der Waals surface area contributed by atoms with Gasteiger partial charge >= 0.3 is 0 Å². The molecule has 0 fully saturated rings. The van der Waals surface area contributed by atoms with Crippen molar-refractivity contribution >= 4 is 22.7 Å². The number of nitrogens with one attached hydrogen (secondary N) is 1. The molecule has 5 heteroatoms. The molecular weight excluding hydrogens is 350 g/mol. The van der Waals surface area contributed by atoms with Gasteiger partial charge in [0, 0.05) is 44.2 Å². The average molecular weight is 375 g/mol. The van der Waals surface area contributed by atoms with E-state index in [1.807, 2.05) is 30.5 Å². The quantitative estimate of drug-likeness (QED) is 0.739. The zero-order chi connectivity index (χ0) is 20.3. The molecule has 2 amide bonds.